The molecule has 0 bridgehead atoms. The van der Waals surface area contributed by atoms with Gasteiger partial charge in [-0.05, 0) is 26.3 Å². The van der Waals surface area contributed by atoms with Crippen molar-refractivity contribution in [2.24, 2.45) is 0 Å². The Morgan fingerprint density at radius 1 is 1.43 bits per heavy atom. The van der Waals surface area contributed by atoms with Crippen LogP contribution in [0.4, 0.5) is 0 Å². The van der Waals surface area contributed by atoms with Crippen molar-refractivity contribution in [1.82, 2.24) is 4.90 Å². The van der Waals surface area contributed by atoms with E-state index in [1.54, 1.807) is 13.8 Å². The lowest BCUT2D eigenvalue weighted by atomic mass is 10.1. The Balaban J connectivity index is 2.30. The first-order valence-corrected chi connectivity index (χ1v) is 8.32. The lowest BCUT2D eigenvalue weighted by Gasteiger charge is -2.26. The van der Waals surface area contributed by atoms with Gasteiger partial charge in [-0.3, -0.25) is 9.59 Å². The minimum Gasteiger partial charge on any atom is -0.480 e. The number of amides is 1. The molecule has 0 spiro atoms. The highest BCUT2D eigenvalue weighted by atomic mass is 32.2. The SMILES string of the molecule is Cc1cc(C(=O)N(CC(=O)O)C2CCS(=O)(=O)C2)c(C)o1. The average molecular weight is 315 g/mol. The Labute approximate surface area is 122 Å². The first-order valence-electron chi connectivity index (χ1n) is 6.50. The highest BCUT2D eigenvalue weighted by Gasteiger charge is 2.36. The number of rotatable bonds is 4. The minimum absolute atomic E-state index is 0.0234. The largest absolute Gasteiger partial charge is 0.480 e. The van der Waals surface area contributed by atoms with Crippen LogP contribution in [0.3, 0.4) is 0 Å². The van der Waals surface area contributed by atoms with Gasteiger partial charge in [0, 0.05) is 6.04 Å². The van der Waals surface area contributed by atoms with Crippen molar-refractivity contribution in [1.29, 1.82) is 0 Å². The average Bonchev–Trinajstić information content (AvgIpc) is 2.87. The van der Waals surface area contributed by atoms with E-state index in [-0.39, 0.29) is 23.5 Å². The summed E-state index contributed by atoms with van der Waals surface area (Å²) >= 11 is 0. The molecule has 1 saturated heterocycles. The van der Waals surface area contributed by atoms with Crippen LogP contribution in [0.5, 0.6) is 0 Å². The van der Waals surface area contributed by atoms with Gasteiger partial charge in [0.15, 0.2) is 9.84 Å². The number of carbonyl (C=O) groups is 2. The van der Waals surface area contributed by atoms with Crippen molar-refractivity contribution in [3.05, 3.63) is 23.2 Å². The quantitative estimate of drug-likeness (QED) is 0.873. The van der Waals surface area contributed by atoms with Gasteiger partial charge in [-0.25, -0.2) is 8.42 Å². The molecule has 7 nitrogen and oxygen atoms in total. The summed E-state index contributed by atoms with van der Waals surface area (Å²) in [7, 11) is -3.21. The molecule has 0 saturated carbocycles. The molecular formula is C13H17NO6S. The molecule has 1 amide bonds. The lowest BCUT2D eigenvalue weighted by molar-refractivity contribution is -0.138. The van der Waals surface area contributed by atoms with Gasteiger partial charge >= 0.3 is 5.97 Å². The van der Waals surface area contributed by atoms with E-state index in [1.165, 1.54) is 6.07 Å². The molecule has 0 aromatic carbocycles. The highest BCUT2D eigenvalue weighted by Crippen LogP contribution is 2.22. The first kappa shape index (κ1) is 15.6. The molecule has 1 aliphatic rings. The van der Waals surface area contributed by atoms with Gasteiger partial charge in [0.25, 0.3) is 5.91 Å². The van der Waals surface area contributed by atoms with Crippen LogP contribution in [0.2, 0.25) is 0 Å². The number of hydrogen-bond donors (Lipinski definition) is 1. The van der Waals surface area contributed by atoms with Crippen LogP contribution in [0.1, 0.15) is 28.3 Å². The molecule has 2 rings (SSSR count). The highest BCUT2D eigenvalue weighted by molar-refractivity contribution is 7.91. The van der Waals surface area contributed by atoms with Crippen LogP contribution in [0.15, 0.2) is 10.5 Å². The number of sulfone groups is 1. The van der Waals surface area contributed by atoms with Crippen LogP contribution >= 0.6 is 0 Å². The predicted octanol–water partition coefficient (Wildman–Crippen LogP) is 0.610. The van der Waals surface area contributed by atoms with Gasteiger partial charge in [-0.2, -0.15) is 0 Å². The summed E-state index contributed by atoms with van der Waals surface area (Å²) in [5, 5.41) is 8.98. The zero-order chi connectivity index (χ0) is 15.8. The van der Waals surface area contributed by atoms with E-state index < -0.39 is 34.3 Å². The molecule has 0 radical (unpaired) electrons. The summed E-state index contributed by atoms with van der Waals surface area (Å²) in [5.74, 6) is -0.954. The second-order valence-electron chi connectivity index (χ2n) is 5.21. The second kappa shape index (κ2) is 5.51. The first-order chi connectivity index (χ1) is 9.69. The Hall–Kier alpha value is -1.83. The Kier molecular flexibility index (Phi) is 4.08. The molecule has 1 N–H and O–H groups in total. The van der Waals surface area contributed by atoms with Gasteiger partial charge in [0.1, 0.15) is 18.1 Å². The van der Waals surface area contributed by atoms with E-state index in [2.05, 4.69) is 0 Å². The zero-order valence-electron chi connectivity index (χ0n) is 11.8. The van der Waals surface area contributed by atoms with Crippen LogP contribution < -0.4 is 0 Å². The molecule has 0 aliphatic carbocycles. The number of hydrogen-bond acceptors (Lipinski definition) is 5. The fraction of sp³-hybridized carbons (Fsp3) is 0.538. The summed E-state index contributed by atoms with van der Waals surface area (Å²) in [5.41, 5.74) is 0.276. The van der Waals surface area contributed by atoms with Crippen molar-refractivity contribution in [2.45, 2.75) is 26.3 Å². The molecule has 116 valence electrons. The Morgan fingerprint density at radius 2 is 2.10 bits per heavy atom. The summed E-state index contributed by atoms with van der Waals surface area (Å²) in [6.07, 6.45) is 0.261. The van der Waals surface area contributed by atoms with Crippen LogP contribution in [-0.2, 0) is 14.6 Å². The normalized spacial score (nSPS) is 20.4. The minimum atomic E-state index is -3.21. The van der Waals surface area contributed by atoms with Crippen molar-refractivity contribution in [3.8, 4) is 0 Å². The molecular weight excluding hydrogens is 298 g/mol. The number of aliphatic carboxylic acids is 1. The third-order valence-electron chi connectivity index (χ3n) is 3.49. The van der Waals surface area contributed by atoms with Gasteiger partial charge in [-0.1, -0.05) is 0 Å². The van der Waals surface area contributed by atoms with E-state index >= 15 is 0 Å². The van der Waals surface area contributed by atoms with E-state index in [4.69, 9.17) is 9.52 Å². The van der Waals surface area contributed by atoms with Crippen molar-refractivity contribution in [2.75, 3.05) is 18.1 Å². The van der Waals surface area contributed by atoms with Gasteiger partial charge in [0.05, 0.1) is 17.1 Å². The molecule has 1 atom stereocenters. The summed E-state index contributed by atoms with van der Waals surface area (Å²) in [6, 6.07) is 0.934. The van der Waals surface area contributed by atoms with Gasteiger partial charge in [0.2, 0.25) is 0 Å². The Morgan fingerprint density at radius 3 is 2.52 bits per heavy atom. The third-order valence-corrected chi connectivity index (χ3v) is 5.24. The number of carboxylic acid groups (broad SMARTS) is 1. The third kappa shape index (κ3) is 3.44. The summed E-state index contributed by atoms with van der Waals surface area (Å²) in [6.45, 7) is 2.78. The van der Waals surface area contributed by atoms with Crippen molar-refractivity contribution < 1.29 is 27.5 Å². The number of furan rings is 1. The van der Waals surface area contributed by atoms with E-state index in [0.29, 0.717) is 11.5 Å². The number of aryl methyl sites for hydroxylation is 2. The van der Waals surface area contributed by atoms with Crippen molar-refractivity contribution in [3.63, 3.8) is 0 Å². The van der Waals surface area contributed by atoms with Crippen molar-refractivity contribution >= 4 is 21.7 Å². The fourth-order valence-electron chi connectivity index (χ4n) is 2.53. The smallest absolute Gasteiger partial charge is 0.323 e. The molecule has 8 heteroatoms. The van der Waals surface area contributed by atoms with Crippen LogP contribution in [-0.4, -0.2) is 54.4 Å². The van der Waals surface area contributed by atoms with E-state index in [9.17, 15) is 18.0 Å². The number of carbonyl (C=O) groups excluding carboxylic acids is 1. The zero-order valence-corrected chi connectivity index (χ0v) is 12.6. The molecule has 21 heavy (non-hydrogen) atoms. The maximum Gasteiger partial charge on any atom is 0.323 e. The molecule has 1 aromatic heterocycles. The topological polar surface area (TPSA) is 105 Å². The summed E-state index contributed by atoms with van der Waals surface area (Å²) < 4.78 is 28.4. The lowest BCUT2D eigenvalue weighted by Crippen LogP contribution is -2.44. The molecule has 2 heterocycles. The van der Waals surface area contributed by atoms with Crippen LogP contribution in [0, 0.1) is 13.8 Å². The maximum absolute atomic E-state index is 12.5. The number of carboxylic acids is 1. The molecule has 1 unspecified atom stereocenters. The van der Waals surface area contributed by atoms with E-state index in [1.807, 2.05) is 0 Å². The predicted molar refractivity (Wildman–Crippen MR) is 73.9 cm³/mol. The molecule has 1 aromatic rings. The van der Waals surface area contributed by atoms with E-state index in [0.717, 1.165) is 4.90 Å². The fourth-order valence-corrected chi connectivity index (χ4v) is 4.26. The molecule has 1 fully saturated rings. The number of nitrogens with zero attached hydrogens (tertiary/aromatic N) is 1. The van der Waals surface area contributed by atoms with Gasteiger partial charge in [-0.15, -0.1) is 0 Å². The second-order valence-corrected chi connectivity index (χ2v) is 7.44. The standard InChI is InChI=1S/C13H17NO6S/c1-8-5-11(9(2)20-8)13(17)14(6-12(15)16)10-3-4-21(18,19)7-10/h5,10H,3-4,6-7H2,1-2H3,(H,15,16). The Bertz CT molecular complexity index is 675. The molecule has 1 aliphatic heterocycles. The maximum atomic E-state index is 12.5. The van der Waals surface area contributed by atoms with Crippen LogP contribution in [0.25, 0.3) is 0 Å². The van der Waals surface area contributed by atoms with Gasteiger partial charge < -0.3 is 14.4 Å². The summed E-state index contributed by atoms with van der Waals surface area (Å²) in [4.78, 5) is 24.6. The monoisotopic (exact) mass is 315 g/mol.